The van der Waals surface area contributed by atoms with Crippen molar-refractivity contribution < 1.29 is 18.0 Å². The van der Waals surface area contributed by atoms with Gasteiger partial charge in [0.05, 0.1) is 5.56 Å². The van der Waals surface area contributed by atoms with Crippen LogP contribution in [0.1, 0.15) is 27.0 Å². The molecular formula is C18H20F3IN4O. The molecule has 0 radical (unpaired) electrons. The Bertz CT molecular complexity index is 792. The van der Waals surface area contributed by atoms with E-state index in [9.17, 15) is 18.0 Å². The van der Waals surface area contributed by atoms with Crippen LogP contribution < -0.4 is 16.4 Å². The fourth-order valence-corrected chi connectivity index (χ4v) is 2.24. The molecule has 1 amide bonds. The number of rotatable bonds is 5. The maximum Gasteiger partial charge on any atom is 0.416 e. The van der Waals surface area contributed by atoms with Crippen LogP contribution in [0, 0.1) is 0 Å². The maximum atomic E-state index is 12.7. The highest BCUT2D eigenvalue weighted by molar-refractivity contribution is 14.0. The lowest BCUT2D eigenvalue weighted by molar-refractivity contribution is -0.137. The van der Waals surface area contributed by atoms with Gasteiger partial charge < -0.3 is 16.4 Å². The molecule has 27 heavy (non-hydrogen) atoms. The summed E-state index contributed by atoms with van der Waals surface area (Å²) >= 11 is 0. The van der Waals surface area contributed by atoms with Gasteiger partial charge in [-0.05, 0) is 35.4 Å². The highest BCUT2D eigenvalue weighted by Crippen LogP contribution is 2.29. The van der Waals surface area contributed by atoms with Crippen LogP contribution in [-0.4, -0.2) is 18.9 Å². The summed E-state index contributed by atoms with van der Waals surface area (Å²) in [4.78, 5) is 15.1. The Kier molecular flexibility index (Phi) is 8.54. The van der Waals surface area contributed by atoms with Crippen molar-refractivity contribution in [2.75, 3.05) is 7.05 Å². The van der Waals surface area contributed by atoms with Gasteiger partial charge >= 0.3 is 6.18 Å². The Morgan fingerprint density at radius 1 is 1.04 bits per heavy atom. The van der Waals surface area contributed by atoms with Gasteiger partial charge in [-0.1, -0.05) is 24.3 Å². The van der Waals surface area contributed by atoms with Gasteiger partial charge in [-0.3, -0.25) is 9.79 Å². The molecule has 0 aromatic heterocycles. The van der Waals surface area contributed by atoms with E-state index >= 15 is 0 Å². The Morgan fingerprint density at radius 2 is 1.63 bits per heavy atom. The zero-order valence-corrected chi connectivity index (χ0v) is 16.8. The molecule has 0 bridgehead atoms. The Morgan fingerprint density at radius 3 is 2.15 bits per heavy atom. The fraction of sp³-hybridized carbons (Fsp3) is 0.222. The molecule has 2 aromatic carbocycles. The highest BCUT2D eigenvalue weighted by Gasteiger charge is 2.30. The highest BCUT2D eigenvalue weighted by atomic mass is 127. The Labute approximate surface area is 172 Å². The lowest BCUT2D eigenvalue weighted by Crippen LogP contribution is -2.36. The van der Waals surface area contributed by atoms with E-state index in [-0.39, 0.29) is 30.5 Å². The molecule has 0 heterocycles. The van der Waals surface area contributed by atoms with Crippen molar-refractivity contribution in [3.8, 4) is 0 Å². The third kappa shape index (κ3) is 7.08. The normalized spacial score (nSPS) is 11.5. The van der Waals surface area contributed by atoms with Crippen LogP contribution in [0.15, 0.2) is 53.5 Å². The largest absolute Gasteiger partial charge is 0.416 e. The van der Waals surface area contributed by atoms with Crippen molar-refractivity contribution in [2.24, 2.45) is 10.7 Å². The van der Waals surface area contributed by atoms with E-state index in [0.29, 0.717) is 23.6 Å². The summed E-state index contributed by atoms with van der Waals surface area (Å²) in [5.41, 5.74) is 6.31. The van der Waals surface area contributed by atoms with Crippen LogP contribution in [0.4, 0.5) is 13.2 Å². The molecule has 0 saturated carbocycles. The zero-order valence-electron chi connectivity index (χ0n) is 14.5. The van der Waals surface area contributed by atoms with E-state index in [2.05, 4.69) is 15.6 Å². The van der Waals surface area contributed by atoms with Gasteiger partial charge in [0.15, 0.2) is 5.96 Å². The minimum absolute atomic E-state index is 0. The number of benzene rings is 2. The molecular weight excluding hydrogens is 472 g/mol. The van der Waals surface area contributed by atoms with Crippen molar-refractivity contribution in [1.29, 1.82) is 0 Å². The maximum absolute atomic E-state index is 12.7. The number of nitrogens with zero attached hydrogens (tertiary/aromatic N) is 1. The number of hydrogen-bond acceptors (Lipinski definition) is 2. The first kappa shape index (κ1) is 22.7. The predicted molar refractivity (Wildman–Crippen MR) is 109 cm³/mol. The van der Waals surface area contributed by atoms with Crippen LogP contribution >= 0.6 is 24.0 Å². The molecule has 0 unspecified atom stereocenters. The SMILES string of the molecule is CN=C(NCc1ccc(C(N)=O)cc1)NCc1cccc(C(F)(F)F)c1.I. The number of amides is 1. The van der Waals surface area contributed by atoms with E-state index in [0.717, 1.165) is 17.7 Å². The van der Waals surface area contributed by atoms with E-state index in [1.807, 2.05) is 0 Å². The number of alkyl halides is 3. The zero-order chi connectivity index (χ0) is 19.2. The summed E-state index contributed by atoms with van der Waals surface area (Å²) in [6.07, 6.45) is -4.37. The number of carbonyl (C=O) groups is 1. The first-order valence-corrected chi connectivity index (χ1v) is 7.79. The van der Waals surface area contributed by atoms with Gasteiger partial charge in [0.25, 0.3) is 0 Å². The topological polar surface area (TPSA) is 79.5 Å². The molecule has 0 aliphatic carbocycles. The summed E-state index contributed by atoms with van der Waals surface area (Å²) in [6.45, 7) is 0.630. The van der Waals surface area contributed by atoms with Crippen molar-refractivity contribution in [3.05, 3.63) is 70.8 Å². The number of hydrogen-bond donors (Lipinski definition) is 3. The first-order valence-electron chi connectivity index (χ1n) is 7.79. The van der Waals surface area contributed by atoms with Gasteiger partial charge in [-0.25, -0.2) is 0 Å². The van der Waals surface area contributed by atoms with E-state index in [4.69, 9.17) is 5.73 Å². The number of guanidine groups is 1. The van der Waals surface area contributed by atoms with Crippen molar-refractivity contribution in [2.45, 2.75) is 19.3 Å². The quantitative estimate of drug-likeness (QED) is 0.341. The predicted octanol–water partition coefficient (Wildman–Crippen LogP) is 3.29. The molecule has 2 rings (SSSR count). The number of primary amides is 1. The van der Waals surface area contributed by atoms with Crippen LogP contribution in [0.2, 0.25) is 0 Å². The second-order valence-electron chi connectivity index (χ2n) is 5.54. The lowest BCUT2D eigenvalue weighted by atomic mass is 10.1. The van der Waals surface area contributed by atoms with E-state index < -0.39 is 17.6 Å². The smallest absolute Gasteiger partial charge is 0.366 e. The second kappa shape index (κ2) is 10.1. The van der Waals surface area contributed by atoms with E-state index in [1.54, 1.807) is 37.4 Å². The van der Waals surface area contributed by atoms with Crippen LogP contribution in [0.3, 0.4) is 0 Å². The average Bonchev–Trinajstić information content (AvgIpc) is 2.61. The number of halogens is 4. The number of nitrogens with one attached hydrogen (secondary N) is 2. The molecule has 5 nitrogen and oxygen atoms in total. The minimum Gasteiger partial charge on any atom is -0.366 e. The third-order valence-corrected chi connectivity index (χ3v) is 3.64. The second-order valence-corrected chi connectivity index (χ2v) is 5.54. The van der Waals surface area contributed by atoms with Crippen LogP contribution in [-0.2, 0) is 19.3 Å². The Balaban J connectivity index is 0.00000364. The van der Waals surface area contributed by atoms with Gasteiger partial charge in [-0.15, -0.1) is 24.0 Å². The van der Waals surface area contributed by atoms with Crippen LogP contribution in [0.5, 0.6) is 0 Å². The summed E-state index contributed by atoms with van der Waals surface area (Å²) in [6, 6.07) is 11.9. The van der Waals surface area contributed by atoms with Gasteiger partial charge in [0.1, 0.15) is 0 Å². The Hall–Kier alpha value is -2.30. The minimum atomic E-state index is -4.37. The summed E-state index contributed by atoms with van der Waals surface area (Å²) in [5, 5.41) is 6.01. The number of aliphatic imine (C=N–C) groups is 1. The fourth-order valence-electron chi connectivity index (χ4n) is 2.24. The molecule has 2 aromatic rings. The average molecular weight is 492 g/mol. The monoisotopic (exact) mass is 492 g/mol. The van der Waals surface area contributed by atoms with Gasteiger partial charge in [-0.2, -0.15) is 13.2 Å². The molecule has 0 spiro atoms. The standard InChI is InChI=1S/C18H19F3N4O.HI/c1-23-17(24-10-12-5-7-14(8-6-12)16(22)26)25-11-13-3-2-4-15(9-13)18(19,20)21;/h2-9H,10-11H2,1H3,(H2,22,26)(H2,23,24,25);1H. The molecule has 0 fully saturated rings. The summed E-state index contributed by atoms with van der Waals surface area (Å²) < 4.78 is 38.2. The van der Waals surface area contributed by atoms with E-state index in [1.165, 1.54) is 6.07 Å². The molecule has 0 atom stereocenters. The molecule has 9 heteroatoms. The third-order valence-electron chi connectivity index (χ3n) is 3.64. The lowest BCUT2D eigenvalue weighted by Gasteiger charge is -2.13. The van der Waals surface area contributed by atoms with Gasteiger partial charge in [0.2, 0.25) is 5.91 Å². The van der Waals surface area contributed by atoms with Gasteiger partial charge in [0, 0.05) is 25.7 Å². The molecule has 146 valence electrons. The number of nitrogens with two attached hydrogens (primary N) is 1. The van der Waals surface area contributed by atoms with Crippen molar-refractivity contribution in [1.82, 2.24) is 10.6 Å². The molecule has 0 aliphatic rings. The molecule has 0 aliphatic heterocycles. The van der Waals surface area contributed by atoms with Crippen molar-refractivity contribution in [3.63, 3.8) is 0 Å². The summed E-state index contributed by atoms with van der Waals surface area (Å²) in [7, 11) is 1.57. The molecule has 4 N–H and O–H groups in total. The molecule has 0 saturated heterocycles. The first-order chi connectivity index (χ1) is 12.3. The summed E-state index contributed by atoms with van der Waals surface area (Å²) in [5.74, 6) is -0.0514. The van der Waals surface area contributed by atoms with Crippen LogP contribution in [0.25, 0.3) is 0 Å². The van der Waals surface area contributed by atoms with Crippen molar-refractivity contribution >= 4 is 35.8 Å². The number of carbonyl (C=O) groups excluding carboxylic acids is 1.